The first-order valence-corrected chi connectivity index (χ1v) is 10.9. The number of fused-ring (bicyclic) bond motifs is 1. The Bertz CT molecular complexity index is 1380. The summed E-state index contributed by atoms with van der Waals surface area (Å²) in [6.45, 7) is 2.25. The van der Waals surface area contributed by atoms with Gasteiger partial charge >= 0.3 is 6.18 Å². The van der Waals surface area contributed by atoms with E-state index in [0.717, 1.165) is 28.3 Å². The maximum Gasteiger partial charge on any atom is 0.433 e. The lowest BCUT2D eigenvalue weighted by Gasteiger charge is -2.25. The van der Waals surface area contributed by atoms with E-state index in [1.807, 2.05) is 43.3 Å². The van der Waals surface area contributed by atoms with Gasteiger partial charge in [0.15, 0.2) is 0 Å². The van der Waals surface area contributed by atoms with Crippen LogP contribution in [0, 0.1) is 0 Å². The van der Waals surface area contributed by atoms with Gasteiger partial charge in [-0.15, -0.1) is 0 Å². The molecular formula is C26H21F3N4O2. The van der Waals surface area contributed by atoms with Crippen LogP contribution in [0.4, 0.5) is 13.2 Å². The Morgan fingerprint density at radius 3 is 2.49 bits per heavy atom. The number of H-pyrrole nitrogens is 1. The SMILES string of the molecule is COc1cccc([C@@H](C)N2Cc3c(cc(-c4cn[nH]c4)cc3-c3ccc(C(F)(F)F)nc3)C2=O)c1. The summed E-state index contributed by atoms with van der Waals surface area (Å²) in [7, 11) is 1.59. The van der Waals surface area contributed by atoms with E-state index in [4.69, 9.17) is 4.74 Å². The number of hydrogen-bond donors (Lipinski definition) is 1. The zero-order chi connectivity index (χ0) is 24.7. The van der Waals surface area contributed by atoms with Crippen molar-refractivity contribution in [1.82, 2.24) is 20.1 Å². The molecule has 1 aliphatic heterocycles. The summed E-state index contributed by atoms with van der Waals surface area (Å²) in [4.78, 5) is 18.9. The number of ether oxygens (including phenoxy) is 1. The Morgan fingerprint density at radius 1 is 1.03 bits per heavy atom. The van der Waals surface area contributed by atoms with E-state index in [-0.39, 0.29) is 11.9 Å². The molecule has 0 spiro atoms. The number of amides is 1. The minimum atomic E-state index is -4.53. The largest absolute Gasteiger partial charge is 0.497 e. The molecule has 0 bridgehead atoms. The third-order valence-electron chi connectivity index (χ3n) is 6.31. The van der Waals surface area contributed by atoms with Crippen LogP contribution in [-0.2, 0) is 12.7 Å². The molecule has 2 aromatic carbocycles. The molecular weight excluding hydrogens is 457 g/mol. The van der Waals surface area contributed by atoms with Crippen molar-refractivity contribution < 1.29 is 22.7 Å². The molecule has 5 rings (SSSR count). The Labute approximate surface area is 199 Å². The minimum absolute atomic E-state index is 0.151. The summed E-state index contributed by atoms with van der Waals surface area (Å²) in [6.07, 6.45) is 0.00736. The van der Waals surface area contributed by atoms with Crippen LogP contribution in [0.5, 0.6) is 5.75 Å². The van der Waals surface area contributed by atoms with Crippen LogP contribution in [0.3, 0.4) is 0 Å². The maximum absolute atomic E-state index is 13.6. The number of halogens is 3. The lowest BCUT2D eigenvalue weighted by molar-refractivity contribution is -0.141. The Balaban J connectivity index is 1.59. The number of nitrogens with zero attached hydrogens (tertiary/aromatic N) is 3. The van der Waals surface area contributed by atoms with Gasteiger partial charge in [-0.3, -0.25) is 14.9 Å². The number of carbonyl (C=O) groups is 1. The predicted octanol–water partition coefficient (Wildman–Crippen LogP) is 5.88. The topological polar surface area (TPSA) is 71.1 Å². The van der Waals surface area contributed by atoms with Crippen molar-refractivity contribution in [2.45, 2.75) is 25.7 Å². The summed E-state index contributed by atoms with van der Waals surface area (Å²) in [5.41, 5.74) is 3.87. The molecule has 178 valence electrons. The first kappa shape index (κ1) is 22.6. The molecule has 4 aromatic rings. The molecule has 1 aliphatic rings. The summed E-state index contributed by atoms with van der Waals surface area (Å²) in [6, 6.07) is 13.3. The molecule has 0 unspecified atom stereocenters. The molecule has 1 amide bonds. The molecule has 0 saturated heterocycles. The average molecular weight is 478 g/mol. The normalized spacial score (nSPS) is 14.2. The van der Waals surface area contributed by atoms with Crippen molar-refractivity contribution in [2.75, 3.05) is 7.11 Å². The van der Waals surface area contributed by atoms with Crippen LogP contribution in [0.1, 0.15) is 40.1 Å². The van der Waals surface area contributed by atoms with Crippen molar-refractivity contribution in [3.63, 3.8) is 0 Å². The van der Waals surface area contributed by atoms with Gasteiger partial charge in [0, 0.05) is 35.6 Å². The van der Waals surface area contributed by atoms with Crippen LogP contribution in [0.15, 0.2) is 67.1 Å². The third-order valence-corrected chi connectivity index (χ3v) is 6.31. The van der Waals surface area contributed by atoms with Crippen molar-refractivity contribution in [3.8, 4) is 28.0 Å². The van der Waals surface area contributed by atoms with Gasteiger partial charge in [-0.1, -0.05) is 18.2 Å². The molecule has 9 heteroatoms. The number of carbonyl (C=O) groups excluding carboxylic acids is 1. The molecule has 6 nitrogen and oxygen atoms in total. The van der Waals surface area contributed by atoms with Crippen molar-refractivity contribution in [1.29, 1.82) is 0 Å². The van der Waals surface area contributed by atoms with Crippen molar-refractivity contribution in [2.24, 2.45) is 0 Å². The van der Waals surface area contributed by atoms with Crippen molar-refractivity contribution >= 4 is 5.91 Å². The molecule has 0 fully saturated rings. The van der Waals surface area contributed by atoms with Gasteiger partial charge in [0.2, 0.25) is 0 Å². The van der Waals surface area contributed by atoms with Gasteiger partial charge in [0.1, 0.15) is 11.4 Å². The molecule has 0 saturated carbocycles. The molecule has 35 heavy (non-hydrogen) atoms. The fraction of sp³-hybridized carbons (Fsp3) is 0.192. The summed E-state index contributed by atoms with van der Waals surface area (Å²) in [5.74, 6) is 0.541. The van der Waals surface area contributed by atoms with E-state index in [0.29, 0.717) is 29.0 Å². The van der Waals surface area contributed by atoms with Crippen LogP contribution < -0.4 is 4.74 Å². The lowest BCUT2D eigenvalue weighted by Crippen LogP contribution is -2.27. The van der Waals surface area contributed by atoms with E-state index in [1.54, 1.807) is 24.4 Å². The smallest absolute Gasteiger partial charge is 0.433 e. The maximum atomic E-state index is 13.6. The number of hydrogen-bond acceptors (Lipinski definition) is 4. The molecule has 3 heterocycles. The monoisotopic (exact) mass is 478 g/mol. The number of pyridine rings is 1. The van der Waals surface area contributed by atoms with Gasteiger partial charge in [0.25, 0.3) is 5.91 Å². The molecule has 2 aromatic heterocycles. The van der Waals surface area contributed by atoms with E-state index < -0.39 is 11.9 Å². The third kappa shape index (κ3) is 4.14. The van der Waals surface area contributed by atoms with Crippen LogP contribution in [-0.4, -0.2) is 33.1 Å². The number of aromatic nitrogens is 3. The van der Waals surface area contributed by atoms with Gasteiger partial charge in [0.05, 0.1) is 19.3 Å². The second kappa shape index (κ2) is 8.57. The number of alkyl halides is 3. The Morgan fingerprint density at radius 2 is 1.83 bits per heavy atom. The number of nitrogens with one attached hydrogen (secondary N) is 1. The van der Waals surface area contributed by atoms with Crippen LogP contribution in [0.25, 0.3) is 22.3 Å². The summed E-state index contributed by atoms with van der Waals surface area (Å²) < 4.78 is 44.5. The fourth-order valence-corrected chi connectivity index (χ4v) is 4.38. The first-order chi connectivity index (χ1) is 16.8. The van der Waals surface area contributed by atoms with E-state index >= 15 is 0 Å². The number of rotatable bonds is 5. The second-order valence-electron chi connectivity index (χ2n) is 8.35. The fourth-order valence-electron chi connectivity index (χ4n) is 4.38. The van der Waals surface area contributed by atoms with Crippen molar-refractivity contribution in [3.05, 3.63) is 89.5 Å². The quantitative estimate of drug-likeness (QED) is 0.389. The number of methoxy groups -OCH3 is 1. The zero-order valence-electron chi connectivity index (χ0n) is 18.9. The van der Waals surface area contributed by atoms with E-state index in [9.17, 15) is 18.0 Å². The molecule has 0 aliphatic carbocycles. The van der Waals surface area contributed by atoms with Gasteiger partial charge in [-0.05, 0) is 59.5 Å². The van der Waals surface area contributed by atoms with Crippen LogP contribution in [0.2, 0.25) is 0 Å². The highest BCUT2D eigenvalue weighted by molar-refractivity contribution is 6.02. The highest BCUT2D eigenvalue weighted by Gasteiger charge is 2.35. The van der Waals surface area contributed by atoms with E-state index in [1.165, 1.54) is 12.3 Å². The number of benzene rings is 2. The lowest BCUT2D eigenvalue weighted by atomic mass is 9.93. The van der Waals surface area contributed by atoms with Crippen LogP contribution >= 0.6 is 0 Å². The van der Waals surface area contributed by atoms with Gasteiger partial charge < -0.3 is 9.64 Å². The minimum Gasteiger partial charge on any atom is -0.497 e. The summed E-state index contributed by atoms with van der Waals surface area (Å²) in [5, 5.41) is 6.74. The highest BCUT2D eigenvalue weighted by Crippen LogP contribution is 2.40. The Hall–Kier alpha value is -4.14. The molecule has 0 radical (unpaired) electrons. The summed E-state index contributed by atoms with van der Waals surface area (Å²) >= 11 is 0. The zero-order valence-corrected chi connectivity index (χ0v) is 18.9. The highest BCUT2D eigenvalue weighted by atomic mass is 19.4. The molecule has 1 atom stereocenters. The van der Waals surface area contributed by atoms with Gasteiger partial charge in [-0.25, -0.2) is 0 Å². The standard InChI is InChI=1S/C26H21F3N4O2/c1-15(16-4-3-5-20(8-16)35-2)33-14-23-21(17-6-7-24(30-11-17)26(27,28)29)9-18(10-22(23)25(33)34)19-12-31-32-13-19/h3-13,15H,14H2,1-2H3,(H,31,32)/t15-/m1/s1. The average Bonchev–Trinajstić information content (AvgIpc) is 3.51. The molecule has 1 N–H and O–H groups in total. The first-order valence-electron chi connectivity index (χ1n) is 10.9. The second-order valence-corrected chi connectivity index (χ2v) is 8.35. The van der Waals surface area contributed by atoms with E-state index in [2.05, 4.69) is 15.2 Å². The Kier molecular flexibility index (Phi) is 5.55. The number of aromatic amines is 1. The van der Waals surface area contributed by atoms with Gasteiger partial charge in [-0.2, -0.15) is 18.3 Å². The predicted molar refractivity (Wildman–Crippen MR) is 124 cm³/mol.